The molecule has 130 valence electrons. The van der Waals surface area contributed by atoms with Gasteiger partial charge in [0.1, 0.15) is 11.9 Å². The van der Waals surface area contributed by atoms with Crippen LogP contribution in [0.2, 0.25) is 0 Å². The molecule has 1 atom stereocenters. The highest BCUT2D eigenvalue weighted by Crippen LogP contribution is 2.25. The molecule has 2 aromatic carbocycles. The van der Waals surface area contributed by atoms with Crippen molar-refractivity contribution < 1.29 is 19.1 Å². The van der Waals surface area contributed by atoms with Crippen molar-refractivity contribution >= 4 is 16.7 Å². The third-order valence-corrected chi connectivity index (χ3v) is 4.14. The lowest BCUT2D eigenvalue weighted by atomic mass is 10.1. The number of ether oxygens (including phenoxy) is 1. The number of rotatable bonds is 7. The normalized spacial score (nSPS) is 12.2. The van der Waals surface area contributed by atoms with Gasteiger partial charge in [0.15, 0.2) is 0 Å². The minimum atomic E-state index is -0.693. The second-order valence-electron chi connectivity index (χ2n) is 5.85. The van der Waals surface area contributed by atoms with Crippen LogP contribution in [0.3, 0.4) is 0 Å². The molecule has 0 saturated carbocycles. The molecule has 1 heterocycles. The fraction of sp³-hybridized carbons (Fsp3) is 0.250. The number of carbonyl (C=O) groups is 1. The number of methoxy groups -OCH3 is 1. The van der Waals surface area contributed by atoms with E-state index in [0.29, 0.717) is 24.4 Å². The molecular weight excluding hydrogens is 318 g/mol. The summed E-state index contributed by atoms with van der Waals surface area (Å²) >= 11 is 0. The van der Waals surface area contributed by atoms with Gasteiger partial charge >= 0.3 is 5.97 Å². The van der Waals surface area contributed by atoms with Crippen LogP contribution in [-0.2, 0) is 11.2 Å². The van der Waals surface area contributed by atoms with Gasteiger partial charge in [0.05, 0.1) is 18.9 Å². The Hall–Kier alpha value is -2.63. The average molecular weight is 339 g/mol. The van der Waals surface area contributed by atoms with Crippen molar-refractivity contribution in [3.05, 3.63) is 71.7 Å². The highest BCUT2D eigenvalue weighted by Gasteiger charge is 2.14. The van der Waals surface area contributed by atoms with Crippen LogP contribution in [0.4, 0.5) is 0 Å². The van der Waals surface area contributed by atoms with E-state index in [0.717, 1.165) is 22.8 Å². The number of furan rings is 1. The zero-order valence-electron chi connectivity index (χ0n) is 14.1. The van der Waals surface area contributed by atoms with Crippen molar-refractivity contribution in [1.82, 2.24) is 5.32 Å². The molecule has 1 aromatic heterocycles. The first kappa shape index (κ1) is 17.2. The highest BCUT2D eigenvalue weighted by atomic mass is 16.5. The van der Waals surface area contributed by atoms with Gasteiger partial charge in [-0.3, -0.25) is 0 Å². The van der Waals surface area contributed by atoms with Crippen molar-refractivity contribution in [2.24, 2.45) is 0 Å². The van der Waals surface area contributed by atoms with Crippen LogP contribution in [0.15, 0.2) is 59.2 Å². The molecule has 5 heteroatoms. The summed E-state index contributed by atoms with van der Waals surface area (Å²) in [7, 11) is 1.37. The number of aliphatic hydroxyl groups is 1. The van der Waals surface area contributed by atoms with Crippen LogP contribution in [0.5, 0.6) is 0 Å². The van der Waals surface area contributed by atoms with Crippen LogP contribution in [0.1, 0.15) is 27.8 Å². The molecule has 1 unspecified atom stereocenters. The van der Waals surface area contributed by atoms with Gasteiger partial charge in [-0.05, 0) is 30.7 Å². The van der Waals surface area contributed by atoms with E-state index >= 15 is 0 Å². The average Bonchev–Trinajstić information content (AvgIpc) is 3.09. The Kier molecular flexibility index (Phi) is 5.48. The number of benzene rings is 2. The Balaban J connectivity index is 1.49. The Morgan fingerprint density at radius 3 is 2.72 bits per heavy atom. The minimum absolute atomic E-state index is 0.335. The van der Waals surface area contributed by atoms with E-state index < -0.39 is 6.10 Å². The van der Waals surface area contributed by atoms with Gasteiger partial charge in [-0.1, -0.05) is 36.4 Å². The van der Waals surface area contributed by atoms with E-state index in [1.807, 2.05) is 36.4 Å². The van der Waals surface area contributed by atoms with Gasteiger partial charge in [-0.15, -0.1) is 0 Å². The van der Waals surface area contributed by atoms with Gasteiger partial charge < -0.3 is 19.6 Å². The molecule has 0 saturated heterocycles. The van der Waals surface area contributed by atoms with E-state index in [9.17, 15) is 9.90 Å². The number of nitrogens with one attached hydrogen (secondary N) is 1. The number of hydrogen-bond acceptors (Lipinski definition) is 5. The summed E-state index contributed by atoms with van der Waals surface area (Å²) in [5, 5.41) is 15.5. The summed E-state index contributed by atoms with van der Waals surface area (Å²) in [5.41, 5.74) is 1.65. The maximum absolute atomic E-state index is 11.4. The molecule has 3 rings (SSSR count). The fourth-order valence-corrected chi connectivity index (χ4v) is 2.76. The van der Waals surface area contributed by atoms with E-state index in [2.05, 4.69) is 10.1 Å². The molecule has 0 aliphatic rings. The Labute approximate surface area is 146 Å². The van der Waals surface area contributed by atoms with Gasteiger partial charge in [-0.25, -0.2) is 4.79 Å². The maximum atomic E-state index is 11.4. The minimum Gasteiger partial charge on any atom is -0.465 e. The van der Waals surface area contributed by atoms with Crippen molar-refractivity contribution in [2.75, 3.05) is 20.2 Å². The number of carbonyl (C=O) groups excluding carboxylic acids is 1. The summed E-state index contributed by atoms with van der Waals surface area (Å²) < 4.78 is 10.2. The van der Waals surface area contributed by atoms with Gasteiger partial charge in [0.2, 0.25) is 0 Å². The second kappa shape index (κ2) is 7.96. The second-order valence-corrected chi connectivity index (χ2v) is 5.85. The Bertz CT molecular complexity index is 838. The van der Waals surface area contributed by atoms with Gasteiger partial charge in [-0.2, -0.15) is 0 Å². The van der Waals surface area contributed by atoms with Crippen LogP contribution >= 0.6 is 0 Å². The van der Waals surface area contributed by atoms with E-state index in [1.54, 1.807) is 18.4 Å². The van der Waals surface area contributed by atoms with Crippen molar-refractivity contribution in [3.63, 3.8) is 0 Å². The molecule has 0 amide bonds. The zero-order valence-corrected chi connectivity index (χ0v) is 14.1. The summed E-state index contributed by atoms with van der Waals surface area (Å²) in [6.07, 6.45) is 1.77. The molecule has 0 aliphatic heterocycles. The summed E-state index contributed by atoms with van der Waals surface area (Å²) in [6, 6.07) is 15.1. The third-order valence-electron chi connectivity index (χ3n) is 4.14. The number of fused-ring (bicyclic) bond motifs is 1. The molecule has 0 bridgehead atoms. The molecule has 0 aliphatic carbocycles. The lowest BCUT2D eigenvalue weighted by Gasteiger charge is -2.10. The molecule has 0 fully saturated rings. The van der Waals surface area contributed by atoms with Crippen LogP contribution in [0.25, 0.3) is 10.8 Å². The molecular formula is C20H21NO4. The predicted molar refractivity (Wildman–Crippen MR) is 95.5 cm³/mol. The van der Waals surface area contributed by atoms with Crippen molar-refractivity contribution in [1.29, 1.82) is 0 Å². The summed E-state index contributed by atoms with van der Waals surface area (Å²) in [6.45, 7) is 1.13. The van der Waals surface area contributed by atoms with Crippen LogP contribution in [0, 0.1) is 0 Å². The number of aliphatic hydroxyl groups excluding tert-OH is 1. The van der Waals surface area contributed by atoms with Crippen LogP contribution in [-0.4, -0.2) is 31.3 Å². The standard InChI is InChI=1S/C20H21NO4/c1-24-20(23)15-8-6-14(7-9-15)10-11-21-12-18(22)19-17-5-3-2-4-16(17)13-25-19/h2-9,13,18,21-22H,10-12H2,1H3. The van der Waals surface area contributed by atoms with E-state index in [-0.39, 0.29) is 5.97 Å². The monoisotopic (exact) mass is 339 g/mol. The number of esters is 1. The summed E-state index contributed by atoms with van der Waals surface area (Å²) in [5.74, 6) is 0.254. The molecule has 0 radical (unpaired) electrons. The molecule has 3 aromatic rings. The predicted octanol–water partition coefficient (Wildman–Crippen LogP) is 3.09. The lowest BCUT2D eigenvalue weighted by molar-refractivity contribution is 0.0600. The van der Waals surface area contributed by atoms with E-state index in [4.69, 9.17) is 4.42 Å². The summed E-state index contributed by atoms with van der Waals surface area (Å²) in [4.78, 5) is 11.4. The Morgan fingerprint density at radius 1 is 1.20 bits per heavy atom. The first-order valence-electron chi connectivity index (χ1n) is 8.21. The van der Waals surface area contributed by atoms with Gasteiger partial charge in [0.25, 0.3) is 0 Å². The van der Waals surface area contributed by atoms with Gasteiger partial charge in [0, 0.05) is 17.3 Å². The largest absolute Gasteiger partial charge is 0.465 e. The SMILES string of the molecule is COC(=O)c1ccc(CCNCC(O)c2occ3ccccc23)cc1. The molecule has 2 N–H and O–H groups in total. The highest BCUT2D eigenvalue weighted by molar-refractivity contribution is 5.89. The topological polar surface area (TPSA) is 71.7 Å². The third kappa shape index (κ3) is 4.07. The maximum Gasteiger partial charge on any atom is 0.337 e. The zero-order chi connectivity index (χ0) is 17.6. The molecule has 25 heavy (non-hydrogen) atoms. The fourth-order valence-electron chi connectivity index (χ4n) is 2.76. The van der Waals surface area contributed by atoms with Crippen molar-refractivity contribution in [2.45, 2.75) is 12.5 Å². The molecule has 5 nitrogen and oxygen atoms in total. The van der Waals surface area contributed by atoms with Crippen LogP contribution < -0.4 is 5.32 Å². The van der Waals surface area contributed by atoms with Crippen molar-refractivity contribution in [3.8, 4) is 0 Å². The smallest absolute Gasteiger partial charge is 0.337 e. The quantitative estimate of drug-likeness (QED) is 0.511. The first-order valence-corrected chi connectivity index (χ1v) is 8.21. The lowest BCUT2D eigenvalue weighted by Crippen LogP contribution is -2.23. The first-order chi connectivity index (χ1) is 12.2. The Morgan fingerprint density at radius 2 is 1.96 bits per heavy atom. The number of hydrogen-bond donors (Lipinski definition) is 2. The molecule has 0 spiro atoms. The van der Waals surface area contributed by atoms with E-state index in [1.165, 1.54) is 7.11 Å².